The first-order chi connectivity index (χ1) is 12.7. The van der Waals surface area contributed by atoms with Gasteiger partial charge in [0.05, 0.1) is 28.1 Å². The lowest BCUT2D eigenvalue weighted by Crippen LogP contribution is -2.13. The molecule has 0 unspecified atom stereocenters. The fourth-order valence-corrected chi connectivity index (χ4v) is 4.66. The van der Waals surface area contributed by atoms with E-state index in [9.17, 15) is 8.42 Å². The lowest BCUT2D eigenvalue weighted by molar-refractivity contribution is 0.605. The number of aryl methyl sites for hydroxylation is 1. The number of nitrogens with zero attached hydrogens (tertiary/aromatic N) is 3. The monoisotopic (exact) mass is 410 g/mol. The van der Waals surface area contributed by atoms with Crippen LogP contribution in [0, 0.1) is 10.8 Å². The molecule has 27 heavy (non-hydrogen) atoms. The van der Waals surface area contributed by atoms with Gasteiger partial charge >= 0.3 is 0 Å². The van der Waals surface area contributed by atoms with Crippen molar-refractivity contribution < 1.29 is 8.42 Å². The molecule has 0 radical (unpaired) electrons. The molecule has 0 bridgehead atoms. The van der Waals surface area contributed by atoms with Crippen LogP contribution >= 0.6 is 11.8 Å². The van der Waals surface area contributed by atoms with Crippen LogP contribution in [0.4, 0.5) is 5.69 Å². The molecule has 0 aliphatic heterocycles. The number of fused-ring (bicyclic) bond motifs is 1. The molecular formula is C17H26N6O2S2. The summed E-state index contributed by atoms with van der Waals surface area (Å²) in [6.07, 6.45) is 11.6. The molecule has 1 aliphatic rings. The predicted octanol–water partition coefficient (Wildman–Crippen LogP) is 3.06. The molecule has 1 fully saturated rings. The second kappa shape index (κ2) is 9.32. The minimum absolute atomic E-state index is 0.00945. The zero-order chi connectivity index (χ0) is 20.0. The highest BCUT2D eigenvalue weighted by atomic mass is 32.2. The first-order valence-corrected chi connectivity index (χ1v) is 11.7. The SMILES string of the molecule is C1CCCC1.CCn1ncc2c(N)c(C(=N)SC(=N)CS(C)(=O)=O)cnc21. The third kappa shape index (κ3) is 6.03. The van der Waals surface area contributed by atoms with Gasteiger partial charge in [-0.15, -0.1) is 0 Å². The second-order valence-electron chi connectivity index (χ2n) is 6.48. The normalized spacial score (nSPS) is 14.0. The van der Waals surface area contributed by atoms with Crippen molar-refractivity contribution in [2.45, 2.75) is 45.6 Å². The first-order valence-electron chi connectivity index (χ1n) is 8.85. The van der Waals surface area contributed by atoms with Gasteiger partial charge < -0.3 is 5.73 Å². The van der Waals surface area contributed by atoms with Gasteiger partial charge in [0.25, 0.3) is 0 Å². The molecule has 148 valence electrons. The minimum Gasteiger partial charge on any atom is -0.397 e. The van der Waals surface area contributed by atoms with Crippen molar-refractivity contribution in [1.82, 2.24) is 14.8 Å². The van der Waals surface area contributed by atoms with Crippen molar-refractivity contribution in [3.05, 3.63) is 18.0 Å². The summed E-state index contributed by atoms with van der Waals surface area (Å²) in [6, 6.07) is 0. The van der Waals surface area contributed by atoms with Crippen LogP contribution < -0.4 is 5.73 Å². The number of hydrogen-bond acceptors (Lipinski definition) is 8. The standard InChI is InChI=1S/C12H16N6O2S2.C5H10/c1-3-18-12-8(5-17-18)10(14)7(4-16-12)11(15)21-9(13)6-22(2,19)20;1-2-4-5-3-1/h4-5,13,15H,3,6H2,1-2H3,(H2,14,16);1-5H2. The Labute approximate surface area is 163 Å². The minimum atomic E-state index is -3.30. The highest BCUT2D eigenvalue weighted by molar-refractivity contribution is 8.27. The number of nitrogen functional groups attached to an aromatic ring is 1. The number of nitrogens with one attached hydrogen (secondary N) is 2. The molecule has 1 saturated carbocycles. The maximum atomic E-state index is 11.2. The Kier molecular flexibility index (Phi) is 7.37. The van der Waals surface area contributed by atoms with Crippen LogP contribution in [0.5, 0.6) is 0 Å². The molecule has 0 spiro atoms. The summed E-state index contributed by atoms with van der Waals surface area (Å²) in [6.45, 7) is 2.59. The Morgan fingerprint density at radius 1 is 1.22 bits per heavy atom. The summed E-state index contributed by atoms with van der Waals surface area (Å²) in [7, 11) is -3.30. The lowest BCUT2D eigenvalue weighted by atomic mass is 10.2. The highest BCUT2D eigenvalue weighted by Gasteiger charge is 2.17. The summed E-state index contributed by atoms with van der Waals surface area (Å²) in [5, 5.41) is 20.3. The molecule has 2 aromatic heterocycles. The van der Waals surface area contributed by atoms with Gasteiger partial charge in [0.1, 0.15) is 5.04 Å². The van der Waals surface area contributed by atoms with Crippen LogP contribution in [-0.2, 0) is 16.4 Å². The van der Waals surface area contributed by atoms with Gasteiger partial charge in [-0.25, -0.2) is 18.1 Å². The number of pyridine rings is 1. The number of nitrogens with two attached hydrogens (primary N) is 1. The van der Waals surface area contributed by atoms with E-state index < -0.39 is 15.6 Å². The summed E-state index contributed by atoms with van der Waals surface area (Å²) >= 11 is 0.755. The third-order valence-electron chi connectivity index (χ3n) is 4.12. The summed E-state index contributed by atoms with van der Waals surface area (Å²) in [5.41, 5.74) is 7.41. The van der Waals surface area contributed by atoms with Crippen LogP contribution in [0.2, 0.25) is 0 Å². The molecule has 0 atom stereocenters. The fourth-order valence-electron chi connectivity index (χ4n) is 2.79. The molecule has 10 heteroatoms. The quantitative estimate of drug-likeness (QED) is 0.523. The maximum absolute atomic E-state index is 11.2. The number of anilines is 1. The van der Waals surface area contributed by atoms with E-state index in [-0.39, 0.29) is 10.1 Å². The van der Waals surface area contributed by atoms with Crippen LogP contribution in [0.1, 0.15) is 44.6 Å². The number of aromatic nitrogens is 3. The summed E-state index contributed by atoms with van der Waals surface area (Å²) in [5.74, 6) is -0.399. The van der Waals surface area contributed by atoms with E-state index in [1.807, 2.05) is 6.92 Å². The largest absolute Gasteiger partial charge is 0.397 e. The highest BCUT2D eigenvalue weighted by Crippen LogP contribution is 2.26. The van der Waals surface area contributed by atoms with E-state index in [1.165, 1.54) is 38.3 Å². The fraction of sp³-hybridized carbons (Fsp3) is 0.529. The van der Waals surface area contributed by atoms with Crippen LogP contribution in [0.3, 0.4) is 0 Å². The molecule has 4 N–H and O–H groups in total. The molecular weight excluding hydrogens is 384 g/mol. The third-order valence-corrected chi connectivity index (χ3v) is 5.93. The molecule has 1 aliphatic carbocycles. The number of sulfone groups is 1. The number of rotatable bonds is 4. The van der Waals surface area contributed by atoms with Gasteiger partial charge in [-0.3, -0.25) is 10.8 Å². The number of hydrogen-bond donors (Lipinski definition) is 3. The van der Waals surface area contributed by atoms with Gasteiger partial charge in [-0.05, 0) is 6.92 Å². The second-order valence-corrected chi connectivity index (χ2v) is 9.72. The lowest BCUT2D eigenvalue weighted by Gasteiger charge is -2.08. The van der Waals surface area contributed by atoms with Crippen molar-refractivity contribution in [2.24, 2.45) is 0 Å². The summed E-state index contributed by atoms with van der Waals surface area (Å²) < 4.78 is 24.0. The van der Waals surface area contributed by atoms with E-state index in [0.29, 0.717) is 28.8 Å². The Morgan fingerprint density at radius 3 is 2.33 bits per heavy atom. The van der Waals surface area contributed by atoms with Crippen molar-refractivity contribution in [1.29, 1.82) is 10.8 Å². The average molecular weight is 411 g/mol. The van der Waals surface area contributed by atoms with E-state index in [4.69, 9.17) is 16.6 Å². The first kappa shape index (κ1) is 21.4. The van der Waals surface area contributed by atoms with E-state index >= 15 is 0 Å². The summed E-state index contributed by atoms with van der Waals surface area (Å²) in [4.78, 5) is 4.25. The van der Waals surface area contributed by atoms with Crippen molar-refractivity contribution in [2.75, 3.05) is 17.7 Å². The van der Waals surface area contributed by atoms with Crippen molar-refractivity contribution >= 4 is 48.4 Å². The Balaban J connectivity index is 0.000000451. The average Bonchev–Trinajstić information content (AvgIpc) is 3.26. The molecule has 0 saturated heterocycles. The molecule has 0 aromatic carbocycles. The molecule has 8 nitrogen and oxygen atoms in total. The Hall–Kier alpha value is -1.94. The van der Waals surface area contributed by atoms with Gasteiger partial charge in [0.2, 0.25) is 0 Å². The molecule has 2 aromatic rings. The van der Waals surface area contributed by atoms with E-state index in [2.05, 4.69) is 10.1 Å². The van der Waals surface area contributed by atoms with Crippen molar-refractivity contribution in [3.8, 4) is 0 Å². The van der Waals surface area contributed by atoms with E-state index in [0.717, 1.165) is 18.0 Å². The Bertz CT molecular complexity index is 925. The topological polar surface area (TPSA) is 139 Å². The zero-order valence-corrected chi connectivity index (χ0v) is 17.3. The van der Waals surface area contributed by atoms with Gasteiger partial charge in [0.15, 0.2) is 15.5 Å². The zero-order valence-electron chi connectivity index (χ0n) is 15.7. The molecule has 0 amide bonds. The molecule has 2 heterocycles. The van der Waals surface area contributed by atoms with Crippen LogP contribution in [0.25, 0.3) is 11.0 Å². The Morgan fingerprint density at radius 2 is 1.81 bits per heavy atom. The van der Waals surface area contributed by atoms with Gasteiger partial charge in [-0.2, -0.15) is 5.10 Å². The molecule has 3 rings (SSSR count). The van der Waals surface area contributed by atoms with Crippen molar-refractivity contribution in [3.63, 3.8) is 0 Å². The van der Waals surface area contributed by atoms with Crippen LogP contribution in [0.15, 0.2) is 12.4 Å². The number of thioether (sulfide) groups is 1. The predicted molar refractivity (Wildman–Crippen MR) is 113 cm³/mol. The van der Waals surface area contributed by atoms with Gasteiger partial charge in [0, 0.05) is 24.6 Å². The van der Waals surface area contributed by atoms with E-state index in [1.54, 1.807) is 10.9 Å². The van der Waals surface area contributed by atoms with Crippen LogP contribution in [-0.4, -0.2) is 45.3 Å². The smallest absolute Gasteiger partial charge is 0.159 e. The maximum Gasteiger partial charge on any atom is 0.159 e. The van der Waals surface area contributed by atoms with Gasteiger partial charge in [-0.1, -0.05) is 43.9 Å².